The van der Waals surface area contributed by atoms with E-state index >= 15 is 0 Å². The molecule has 3 N–H and O–H groups in total. The zero-order valence-electron chi connectivity index (χ0n) is 10.3. The van der Waals surface area contributed by atoms with Crippen LogP contribution in [0, 0.1) is 0 Å². The van der Waals surface area contributed by atoms with Gasteiger partial charge in [0.05, 0.1) is 25.3 Å². The first kappa shape index (κ1) is 13.0. The minimum atomic E-state index is -0.176. The first-order valence-electron chi connectivity index (χ1n) is 5.23. The second kappa shape index (κ2) is 5.33. The molecule has 1 heterocycles. The highest BCUT2D eigenvalue weighted by molar-refractivity contribution is 4.84. The van der Waals surface area contributed by atoms with Crippen molar-refractivity contribution < 1.29 is 4.74 Å². The molecular formula is C9H20N6O. The molecular weight excluding hydrogens is 208 g/mol. The zero-order valence-corrected chi connectivity index (χ0v) is 10.3. The second-order valence-electron chi connectivity index (χ2n) is 4.69. The van der Waals surface area contributed by atoms with E-state index in [0.717, 1.165) is 0 Å². The van der Waals surface area contributed by atoms with Gasteiger partial charge in [-0.3, -0.25) is 11.3 Å². The van der Waals surface area contributed by atoms with E-state index in [4.69, 9.17) is 10.6 Å². The van der Waals surface area contributed by atoms with Crippen molar-refractivity contribution in [2.45, 2.75) is 38.8 Å². The highest BCUT2D eigenvalue weighted by atomic mass is 16.5. The Morgan fingerprint density at radius 2 is 2.19 bits per heavy atom. The van der Waals surface area contributed by atoms with E-state index in [2.05, 4.69) is 20.8 Å². The average molecular weight is 228 g/mol. The lowest BCUT2D eigenvalue weighted by Gasteiger charge is -2.23. The van der Waals surface area contributed by atoms with Gasteiger partial charge in [0.2, 0.25) is 0 Å². The minimum absolute atomic E-state index is 0.0107. The Labute approximate surface area is 95.3 Å². The molecule has 0 saturated carbocycles. The van der Waals surface area contributed by atoms with Gasteiger partial charge in [0.15, 0.2) is 5.82 Å². The second-order valence-corrected chi connectivity index (χ2v) is 4.69. The lowest BCUT2D eigenvalue weighted by atomic mass is 10.1. The number of aryl methyl sites for hydroxylation is 1. The fraction of sp³-hybridized carbons (Fsp3) is 0.889. The number of hydrogen-bond donors (Lipinski definition) is 2. The van der Waals surface area contributed by atoms with Gasteiger partial charge >= 0.3 is 0 Å². The molecule has 1 atom stereocenters. The van der Waals surface area contributed by atoms with Gasteiger partial charge in [-0.2, -0.15) is 4.80 Å². The zero-order chi connectivity index (χ0) is 12.2. The van der Waals surface area contributed by atoms with Crippen LogP contribution < -0.4 is 11.3 Å². The van der Waals surface area contributed by atoms with Crippen LogP contribution in [0.4, 0.5) is 0 Å². The number of ether oxygens (including phenoxy) is 1. The average Bonchev–Trinajstić information content (AvgIpc) is 2.57. The SMILES string of the molecule is Cn1nnc(CC(COC(C)(C)C)NN)n1. The van der Waals surface area contributed by atoms with E-state index in [1.54, 1.807) is 7.05 Å². The van der Waals surface area contributed by atoms with Crippen molar-refractivity contribution in [3.8, 4) is 0 Å². The molecule has 1 rings (SSSR count). The van der Waals surface area contributed by atoms with Crippen LogP contribution in [-0.4, -0.2) is 38.5 Å². The number of nitrogens with one attached hydrogen (secondary N) is 1. The number of hydrazine groups is 1. The predicted octanol–water partition coefficient (Wildman–Crippen LogP) is -0.600. The van der Waals surface area contributed by atoms with Crippen LogP contribution in [0.1, 0.15) is 26.6 Å². The standard InChI is InChI=1S/C9H20N6O/c1-9(2,3)16-6-7(11-10)5-8-12-14-15(4)13-8/h7,11H,5-6,10H2,1-4H3. The maximum Gasteiger partial charge on any atom is 0.176 e. The maximum atomic E-state index is 5.64. The van der Waals surface area contributed by atoms with Crippen LogP contribution in [0.15, 0.2) is 0 Å². The lowest BCUT2D eigenvalue weighted by Crippen LogP contribution is -2.42. The summed E-state index contributed by atoms with van der Waals surface area (Å²) in [4.78, 5) is 1.42. The summed E-state index contributed by atoms with van der Waals surface area (Å²) in [6.45, 7) is 6.52. The normalized spacial score (nSPS) is 14.1. The van der Waals surface area contributed by atoms with Crippen molar-refractivity contribution in [1.29, 1.82) is 0 Å². The van der Waals surface area contributed by atoms with Crippen LogP contribution in [0.25, 0.3) is 0 Å². The van der Waals surface area contributed by atoms with E-state index in [1.807, 2.05) is 20.8 Å². The third-order valence-corrected chi connectivity index (χ3v) is 1.93. The van der Waals surface area contributed by atoms with Gasteiger partial charge in [0, 0.05) is 6.42 Å². The van der Waals surface area contributed by atoms with Gasteiger partial charge in [-0.1, -0.05) is 0 Å². The van der Waals surface area contributed by atoms with Gasteiger partial charge < -0.3 is 4.74 Å². The quantitative estimate of drug-likeness (QED) is 0.516. The summed E-state index contributed by atoms with van der Waals surface area (Å²) in [5.74, 6) is 6.10. The van der Waals surface area contributed by atoms with Gasteiger partial charge in [-0.05, 0) is 26.0 Å². The molecule has 0 spiro atoms. The number of rotatable bonds is 5. The highest BCUT2D eigenvalue weighted by Crippen LogP contribution is 2.08. The lowest BCUT2D eigenvalue weighted by molar-refractivity contribution is -0.0145. The van der Waals surface area contributed by atoms with E-state index < -0.39 is 0 Å². The van der Waals surface area contributed by atoms with Crippen LogP contribution in [-0.2, 0) is 18.2 Å². The van der Waals surface area contributed by atoms with Crippen molar-refractivity contribution >= 4 is 0 Å². The topological polar surface area (TPSA) is 90.9 Å². The molecule has 0 fully saturated rings. The first-order valence-corrected chi connectivity index (χ1v) is 5.23. The summed E-state index contributed by atoms with van der Waals surface area (Å²) in [5.41, 5.74) is 2.51. The van der Waals surface area contributed by atoms with E-state index in [0.29, 0.717) is 18.9 Å². The van der Waals surface area contributed by atoms with E-state index in [9.17, 15) is 0 Å². The monoisotopic (exact) mass is 228 g/mol. The van der Waals surface area contributed by atoms with Gasteiger partial charge in [-0.25, -0.2) is 0 Å². The van der Waals surface area contributed by atoms with Crippen molar-refractivity contribution in [2.75, 3.05) is 6.61 Å². The summed E-state index contributed by atoms with van der Waals surface area (Å²) < 4.78 is 5.64. The third-order valence-electron chi connectivity index (χ3n) is 1.93. The molecule has 7 heteroatoms. The van der Waals surface area contributed by atoms with Gasteiger partial charge in [0.25, 0.3) is 0 Å². The molecule has 0 radical (unpaired) electrons. The van der Waals surface area contributed by atoms with Crippen LogP contribution >= 0.6 is 0 Å². The minimum Gasteiger partial charge on any atom is -0.374 e. The number of hydrogen-bond acceptors (Lipinski definition) is 6. The van der Waals surface area contributed by atoms with E-state index in [1.165, 1.54) is 4.80 Å². The Hall–Kier alpha value is -1.05. The molecule has 0 aromatic carbocycles. The van der Waals surface area contributed by atoms with Gasteiger partial charge in [-0.15, -0.1) is 10.2 Å². The van der Waals surface area contributed by atoms with Gasteiger partial charge in [0.1, 0.15) is 0 Å². The van der Waals surface area contributed by atoms with E-state index in [-0.39, 0.29) is 11.6 Å². The molecule has 0 aliphatic carbocycles. The molecule has 0 aliphatic heterocycles. The number of nitrogens with two attached hydrogens (primary N) is 1. The van der Waals surface area contributed by atoms with Crippen LogP contribution in [0.3, 0.4) is 0 Å². The predicted molar refractivity (Wildman–Crippen MR) is 59.3 cm³/mol. The Morgan fingerprint density at radius 1 is 1.50 bits per heavy atom. The van der Waals surface area contributed by atoms with Crippen molar-refractivity contribution in [3.63, 3.8) is 0 Å². The first-order chi connectivity index (χ1) is 7.40. The fourth-order valence-electron chi connectivity index (χ4n) is 1.14. The molecule has 0 bridgehead atoms. The smallest absolute Gasteiger partial charge is 0.176 e. The molecule has 7 nitrogen and oxygen atoms in total. The Kier molecular flexibility index (Phi) is 4.34. The number of nitrogens with zero attached hydrogens (tertiary/aromatic N) is 4. The van der Waals surface area contributed by atoms with Crippen molar-refractivity contribution in [1.82, 2.24) is 25.6 Å². The van der Waals surface area contributed by atoms with Crippen LogP contribution in [0.5, 0.6) is 0 Å². The number of tetrazole rings is 1. The third kappa shape index (κ3) is 4.65. The summed E-state index contributed by atoms with van der Waals surface area (Å²) in [6.07, 6.45) is 0.598. The number of aromatic nitrogens is 4. The molecule has 1 aromatic heterocycles. The molecule has 16 heavy (non-hydrogen) atoms. The fourth-order valence-corrected chi connectivity index (χ4v) is 1.14. The summed E-state index contributed by atoms with van der Waals surface area (Å²) in [7, 11) is 1.73. The highest BCUT2D eigenvalue weighted by Gasteiger charge is 2.16. The largest absolute Gasteiger partial charge is 0.374 e. The van der Waals surface area contributed by atoms with Crippen molar-refractivity contribution in [2.24, 2.45) is 12.9 Å². The van der Waals surface area contributed by atoms with Crippen molar-refractivity contribution in [3.05, 3.63) is 5.82 Å². The molecule has 0 aliphatic rings. The Morgan fingerprint density at radius 3 is 2.62 bits per heavy atom. The molecule has 0 amide bonds. The molecule has 1 aromatic rings. The maximum absolute atomic E-state index is 5.64. The molecule has 1 unspecified atom stereocenters. The Bertz CT molecular complexity index is 318. The molecule has 0 saturated heterocycles. The van der Waals surface area contributed by atoms with Crippen LogP contribution in [0.2, 0.25) is 0 Å². The molecule has 92 valence electrons. The summed E-state index contributed by atoms with van der Waals surface area (Å²) in [5, 5.41) is 11.7. The summed E-state index contributed by atoms with van der Waals surface area (Å²) >= 11 is 0. The Balaban J connectivity index is 2.43. The summed E-state index contributed by atoms with van der Waals surface area (Å²) in [6, 6.07) is -0.0107.